The monoisotopic (exact) mass is 449 g/mol. The molecule has 0 aliphatic rings. The Bertz CT molecular complexity index is 1330. The number of rotatable bonds is 7. The van der Waals surface area contributed by atoms with E-state index in [4.69, 9.17) is 16.7 Å². The molecule has 3 aromatic heterocycles. The van der Waals surface area contributed by atoms with Crippen LogP contribution in [0.5, 0.6) is 0 Å². The molecule has 4 rings (SSSR count). The number of aliphatic carboxylic acids is 1. The minimum Gasteiger partial charge on any atom is -0.480 e. The summed E-state index contributed by atoms with van der Waals surface area (Å²) < 4.78 is 1.37. The summed E-state index contributed by atoms with van der Waals surface area (Å²) in [7, 11) is 0. The van der Waals surface area contributed by atoms with Crippen LogP contribution in [0, 0.1) is 0 Å². The van der Waals surface area contributed by atoms with E-state index in [9.17, 15) is 14.4 Å². The number of carboxylic acid groups (broad SMARTS) is 1. The molecule has 3 heterocycles. The second-order valence-corrected chi connectivity index (χ2v) is 7.40. The van der Waals surface area contributed by atoms with Gasteiger partial charge in [0.1, 0.15) is 18.5 Å². The highest BCUT2D eigenvalue weighted by atomic mass is 35.5. The van der Waals surface area contributed by atoms with Gasteiger partial charge in [0.15, 0.2) is 5.78 Å². The first-order valence-corrected chi connectivity index (χ1v) is 9.83. The van der Waals surface area contributed by atoms with E-state index in [-0.39, 0.29) is 30.0 Å². The smallest absolute Gasteiger partial charge is 0.323 e. The van der Waals surface area contributed by atoms with Crippen LogP contribution >= 0.6 is 11.6 Å². The molecule has 0 aliphatic heterocycles. The Morgan fingerprint density at radius 3 is 2.59 bits per heavy atom. The average molecular weight is 450 g/mol. The molecule has 1 amide bonds. The number of fused-ring (bicyclic) bond motifs is 1. The fraction of sp³-hybridized carbons (Fsp3) is 0.0909. The molecule has 0 radical (unpaired) electrons. The molecule has 2 N–H and O–H groups in total. The van der Waals surface area contributed by atoms with Crippen LogP contribution in [-0.2, 0) is 22.6 Å². The predicted octanol–water partition coefficient (Wildman–Crippen LogP) is 2.98. The number of nitrogens with one attached hydrogen (secondary N) is 1. The predicted molar refractivity (Wildman–Crippen MR) is 117 cm³/mol. The van der Waals surface area contributed by atoms with Crippen LogP contribution in [0.15, 0.2) is 61.4 Å². The molecule has 0 spiro atoms. The van der Waals surface area contributed by atoms with Crippen molar-refractivity contribution in [2.24, 2.45) is 0 Å². The van der Waals surface area contributed by atoms with Crippen LogP contribution in [0.2, 0.25) is 5.02 Å². The highest BCUT2D eigenvalue weighted by Gasteiger charge is 2.19. The Labute approximate surface area is 186 Å². The number of carbonyl (C=O) groups is 3. The molecule has 0 atom stereocenters. The number of anilines is 1. The van der Waals surface area contributed by atoms with Crippen LogP contribution in [0.25, 0.3) is 11.0 Å². The Kier molecular flexibility index (Phi) is 5.91. The average Bonchev–Trinajstić information content (AvgIpc) is 3.13. The van der Waals surface area contributed by atoms with Crippen molar-refractivity contribution in [1.29, 1.82) is 0 Å². The molecule has 4 aromatic rings. The number of carbonyl (C=O) groups excluding carboxylic acids is 2. The number of nitrogens with zero attached hydrogens (tertiary/aromatic N) is 4. The van der Waals surface area contributed by atoms with Crippen LogP contribution in [0.1, 0.15) is 21.5 Å². The van der Waals surface area contributed by atoms with Crippen molar-refractivity contribution in [3.8, 4) is 0 Å². The Hall–Kier alpha value is -4.11. The zero-order valence-electron chi connectivity index (χ0n) is 16.5. The van der Waals surface area contributed by atoms with Gasteiger partial charge in [-0.05, 0) is 23.8 Å². The Balaban J connectivity index is 1.57. The van der Waals surface area contributed by atoms with Gasteiger partial charge >= 0.3 is 5.97 Å². The fourth-order valence-electron chi connectivity index (χ4n) is 3.26. The van der Waals surface area contributed by atoms with E-state index in [0.29, 0.717) is 21.7 Å². The van der Waals surface area contributed by atoms with Crippen molar-refractivity contribution in [3.05, 3.63) is 83.2 Å². The molecular formula is C22H16ClN5O4. The molecule has 0 unspecified atom stereocenters. The number of hydrogen-bond acceptors (Lipinski definition) is 6. The second-order valence-electron chi connectivity index (χ2n) is 6.97. The number of carboxylic acids is 1. The molecule has 0 aliphatic carbocycles. The largest absolute Gasteiger partial charge is 0.480 e. The molecule has 160 valence electrons. The summed E-state index contributed by atoms with van der Waals surface area (Å²) in [6.45, 7) is -0.347. The van der Waals surface area contributed by atoms with Gasteiger partial charge in [0, 0.05) is 34.6 Å². The maximum atomic E-state index is 13.1. The number of amides is 1. The van der Waals surface area contributed by atoms with Crippen molar-refractivity contribution in [1.82, 2.24) is 19.5 Å². The third-order valence-electron chi connectivity index (χ3n) is 4.65. The molecule has 1 aromatic carbocycles. The van der Waals surface area contributed by atoms with Crippen LogP contribution in [-0.4, -0.2) is 42.3 Å². The van der Waals surface area contributed by atoms with Gasteiger partial charge in [-0.15, -0.1) is 0 Å². The van der Waals surface area contributed by atoms with Gasteiger partial charge in [-0.25, -0.2) is 9.97 Å². The maximum Gasteiger partial charge on any atom is 0.323 e. The van der Waals surface area contributed by atoms with Gasteiger partial charge in [-0.1, -0.05) is 23.7 Å². The van der Waals surface area contributed by atoms with E-state index in [1.54, 1.807) is 24.3 Å². The van der Waals surface area contributed by atoms with Gasteiger partial charge < -0.3 is 15.0 Å². The highest BCUT2D eigenvalue weighted by Crippen LogP contribution is 2.22. The summed E-state index contributed by atoms with van der Waals surface area (Å²) in [5.74, 6) is -1.73. The minimum atomic E-state index is -1.06. The SMILES string of the molecule is O=C(O)Cn1cc(C(=O)c2cncc(NC(=O)Cc3ccc(Cl)cc3)c2)c2cncnc21. The Morgan fingerprint density at radius 2 is 1.84 bits per heavy atom. The first kappa shape index (κ1) is 21.1. The molecular weight excluding hydrogens is 434 g/mol. The van der Waals surface area contributed by atoms with E-state index in [0.717, 1.165) is 5.56 Å². The van der Waals surface area contributed by atoms with Gasteiger partial charge in [0.25, 0.3) is 0 Å². The Morgan fingerprint density at radius 1 is 1.06 bits per heavy atom. The first-order chi connectivity index (χ1) is 15.4. The van der Waals surface area contributed by atoms with Gasteiger partial charge in [0.2, 0.25) is 5.91 Å². The number of aromatic nitrogens is 4. The third kappa shape index (κ3) is 4.62. The summed E-state index contributed by atoms with van der Waals surface area (Å²) in [6.07, 6.45) is 7.12. The van der Waals surface area contributed by atoms with Crippen LogP contribution in [0.3, 0.4) is 0 Å². The summed E-state index contributed by atoms with van der Waals surface area (Å²) in [6, 6.07) is 8.44. The zero-order valence-corrected chi connectivity index (χ0v) is 17.3. The lowest BCUT2D eigenvalue weighted by Crippen LogP contribution is -2.15. The summed E-state index contributed by atoms with van der Waals surface area (Å²) >= 11 is 5.86. The van der Waals surface area contributed by atoms with Crippen molar-refractivity contribution in [3.63, 3.8) is 0 Å². The minimum absolute atomic E-state index is 0.134. The summed E-state index contributed by atoms with van der Waals surface area (Å²) in [5, 5.41) is 12.9. The van der Waals surface area contributed by atoms with Crippen molar-refractivity contribution in [2.75, 3.05) is 5.32 Å². The van der Waals surface area contributed by atoms with E-state index in [2.05, 4.69) is 20.3 Å². The lowest BCUT2D eigenvalue weighted by atomic mass is 10.1. The van der Waals surface area contributed by atoms with Crippen LogP contribution < -0.4 is 5.32 Å². The topological polar surface area (TPSA) is 127 Å². The number of ketones is 1. The van der Waals surface area contributed by atoms with Gasteiger partial charge in [0.05, 0.1) is 23.9 Å². The first-order valence-electron chi connectivity index (χ1n) is 9.45. The second kappa shape index (κ2) is 8.94. The molecule has 32 heavy (non-hydrogen) atoms. The number of pyridine rings is 1. The van der Waals surface area contributed by atoms with Crippen LogP contribution in [0.4, 0.5) is 5.69 Å². The van der Waals surface area contributed by atoms with E-state index in [1.165, 1.54) is 41.7 Å². The molecule has 0 saturated heterocycles. The van der Waals surface area contributed by atoms with E-state index in [1.807, 2.05) is 0 Å². The fourth-order valence-corrected chi connectivity index (χ4v) is 3.38. The normalized spacial score (nSPS) is 10.8. The standard InChI is InChI=1S/C22H16ClN5O4/c23-15-3-1-13(2-4-15)5-19(29)27-16-6-14(7-24-8-16)21(32)18-10-28(11-20(30)31)22-17(18)9-25-12-26-22/h1-4,6-10,12H,5,11H2,(H,27,29)(H,30,31). The quantitative estimate of drug-likeness (QED) is 0.415. The van der Waals surface area contributed by atoms with E-state index >= 15 is 0 Å². The number of halogens is 1. The lowest BCUT2D eigenvalue weighted by molar-refractivity contribution is -0.137. The number of benzene rings is 1. The third-order valence-corrected chi connectivity index (χ3v) is 4.90. The van der Waals surface area contributed by atoms with E-state index < -0.39 is 11.8 Å². The van der Waals surface area contributed by atoms with Crippen molar-refractivity contribution >= 4 is 46.0 Å². The number of hydrogen-bond donors (Lipinski definition) is 2. The lowest BCUT2D eigenvalue weighted by Gasteiger charge is -2.07. The van der Waals surface area contributed by atoms with Crippen molar-refractivity contribution in [2.45, 2.75) is 13.0 Å². The molecule has 0 saturated carbocycles. The highest BCUT2D eigenvalue weighted by molar-refractivity contribution is 6.30. The summed E-state index contributed by atoms with van der Waals surface area (Å²) in [4.78, 5) is 48.7. The van der Waals surface area contributed by atoms with Crippen molar-refractivity contribution < 1.29 is 19.5 Å². The molecule has 9 nitrogen and oxygen atoms in total. The summed E-state index contributed by atoms with van der Waals surface area (Å²) in [5.41, 5.74) is 1.96. The maximum absolute atomic E-state index is 13.1. The molecule has 0 fully saturated rings. The van der Waals surface area contributed by atoms with Gasteiger partial charge in [-0.3, -0.25) is 19.4 Å². The molecule has 10 heteroatoms. The zero-order chi connectivity index (χ0) is 22.7. The van der Waals surface area contributed by atoms with Gasteiger partial charge in [-0.2, -0.15) is 0 Å². The molecule has 0 bridgehead atoms.